The van der Waals surface area contributed by atoms with Gasteiger partial charge in [0.2, 0.25) is 0 Å². The fourth-order valence-electron chi connectivity index (χ4n) is 0.746. The molecular formula is C6H12O. The molecule has 0 N–H and O–H groups in total. The van der Waals surface area contributed by atoms with Crippen LogP contribution in [0.3, 0.4) is 0 Å². The predicted molar refractivity (Wildman–Crippen MR) is 29.2 cm³/mol. The Labute approximate surface area is 46.1 Å². The van der Waals surface area contributed by atoms with Crippen molar-refractivity contribution in [3.63, 3.8) is 0 Å². The molecule has 1 heteroatoms. The minimum Gasteiger partial charge on any atom is -0.381 e. The maximum absolute atomic E-state index is 7.04. The van der Waals surface area contributed by atoms with Crippen LogP contribution in [0.1, 0.15) is 21.1 Å². The van der Waals surface area contributed by atoms with Crippen molar-refractivity contribution in [1.82, 2.24) is 0 Å². The van der Waals surface area contributed by atoms with E-state index in [1.807, 2.05) is 0 Å². The van der Waals surface area contributed by atoms with E-state index in [0.29, 0.717) is 12.8 Å². The van der Waals surface area contributed by atoms with Crippen molar-refractivity contribution < 1.29 is 6.11 Å². The van der Waals surface area contributed by atoms with Crippen LogP contribution in [-0.4, -0.2) is 13.2 Å². The Balaban J connectivity index is 2.13. The molecule has 0 aliphatic carbocycles. The van der Waals surface area contributed by atoms with Crippen LogP contribution in [0.4, 0.5) is 0 Å². The molecule has 1 aliphatic heterocycles. The molecule has 1 nitrogen and oxygen atoms in total. The van der Waals surface area contributed by atoms with Gasteiger partial charge in [-0.1, -0.05) is 6.90 Å². The monoisotopic (exact) mass is 101 g/mol. The molecule has 0 aromatic carbocycles. The van der Waals surface area contributed by atoms with Gasteiger partial charge in [0, 0.05) is 14.6 Å². The fraction of sp³-hybridized carbons (Fsp3) is 1.00. The lowest BCUT2D eigenvalue weighted by molar-refractivity contribution is 0.0716. The van der Waals surface area contributed by atoms with Gasteiger partial charge >= 0.3 is 0 Å². The number of rotatable bonds is 0. The van der Waals surface area contributed by atoms with Crippen LogP contribution in [0.5, 0.6) is 0 Å². The molecule has 7 heavy (non-hydrogen) atoms. The first-order valence-electron chi connectivity index (χ1n) is 3.51. The van der Waals surface area contributed by atoms with Crippen LogP contribution >= 0.6 is 0 Å². The Morgan fingerprint density at radius 1 is 1.57 bits per heavy atom. The molecular weight excluding hydrogens is 88.1 g/mol. The van der Waals surface area contributed by atoms with Crippen LogP contribution in [0.15, 0.2) is 0 Å². The molecule has 1 aliphatic rings. The van der Waals surface area contributed by atoms with E-state index in [9.17, 15) is 0 Å². The number of ether oxygens (including phenoxy) is 1. The van der Waals surface area contributed by atoms with Crippen LogP contribution in [0.2, 0.25) is 0 Å². The summed E-state index contributed by atoms with van der Waals surface area (Å²) < 4.78 is 12.2. The molecule has 0 bridgehead atoms. The van der Waals surface area contributed by atoms with Crippen LogP contribution < -0.4 is 0 Å². The van der Waals surface area contributed by atoms with Crippen molar-refractivity contribution in [2.75, 3.05) is 13.2 Å². The Morgan fingerprint density at radius 2 is 2.29 bits per heavy atom. The third-order valence-electron chi connectivity index (χ3n) is 1.34. The largest absolute Gasteiger partial charge is 0.381 e. The van der Waals surface area contributed by atoms with E-state index in [-0.39, 0.29) is 0 Å². The molecule has 0 radical (unpaired) electrons. The zero-order valence-corrected chi connectivity index (χ0v) is 4.52. The molecule has 0 amide bonds. The lowest BCUT2D eigenvalue weighted by Crippen LogP contribution is -2.12. The average molecular weight is 101 g/mol. The molecule has 42 valence electrons. The Bertz CT molecular complexity index is 59.5. The highest BCUT2D eigenvalue weighted by molar-refractivity contribution is 4.55. The van der Waals surface area contributed by atoms with Gasteiger partial charge in [-0.15, -0.1) is 0 Å². The van der Waals surface area contributed by atoms with Crippen LogP contribution in [0, 0.1) is 5.92 Å². The minimum atomic E-state index is 0.587. The third-order valence-corrected chi connectivity index (χ3v) is 1.34. The van der Waals surface area contributed by atoms with E-state index < -0.39 is 0 Å². The van der Waals surface area contributed by atoms with Gasteiger partial charge in [0.1, 0.15) is 0 Å². The van der Waals surface area contributed by atoms with Crippen molar-refractivity contribution in [3.05, 3.63) is 0 Å². The Hall–Kier alpha value is -0.0400. The van der Waals surface area contributed by atoms with Gasteiger partial charge in [-0.3, -0.25) is 0 Å². The zero-order chi connectivity index (χ0) is 5.82. The van der Waals surface area contributed by atoms with Crippen LogP contribution in [-0.2, 0) is 4.74 Å². The third kappa shape index (κ3) is 1.48. The van der Waals surface area contributed by atoms with Crippen molar-refractivity contribution >= 4 is 0 Å². The van der Waals surface area contributed by atoms with E-state index in [0.717, 1.165) is 26.1 Å². The maximum atomic E-state index is 7.04. The molecule has 0 saturated carbocycles. The SMILES string of the molecule is [2H]CC1CCOCC1. The van der Waals surface area contributed by atoms with E-state index >= 15 is 0 Å². The second-order valence-corrected chi connectivity index (χ2v) is 2.06. The van der Waals surface area contributed by atoms with Gasteiger partial charge in [0.25, 0.3) is 0 Å². The van der Waals surface area contributed by atoms with Crippen molar-refractivity contribution in [2.45, 2.75) is 19.7 Å². The summed E-state index contributed by atoms with van der Waals surface area (Å²) >= 11 is 0. The molecule has 0 atom stereocenters. The second kappa shape index (κ2) is 2.31. The highest BCUT2D eigenvalue weighted by Gasteiger charge is 2.06. The quantitative estimate of drug-likeness (QED) is 0.448. The standard InChI is InChI=1S/C6H12O/c1-6-2-4-7-5-3-6/h6H,2-5H2,1H3/i1D. The van der Waals surface area contributed by atoms with E-state index in [2.05, 4.69) is 0 Å². The van der Waals surface area contributed by atoms with Crippen molar-refractivity contribution in [3.8, 4) is 0 Å². The molecule has 1 saturated heterocycles. The smallest absolute Gasteiger partial charge is 0.0468 e. The first-order valence-corrected chi connectivity index (χ1v) is 2.80. The molecule has 0 spiro atoms. The van der Waals surface area contributed by atoms with Gasteiger partial charge in [-0.05, 0) is 18.8 Å². The van der Waals surface area contributed by atoms with Gasteiger partial charge in [0.15, 0.2) is 0 Å². The van der Waals surface area contributed by atoms with Gasteiger partial charge in [0.05, 0.1) is 0 Å². The summed E-state index contributed by atoms with van der Waals surface area (Å²) in [6.45, 7) is 2.34. The summed E-state index contributed by atoms with van der Waals surface area (Å²) in [5.74, 6) is 0.628. The lowest BCUT2D eigenvalue weighted by atomic mass is 10.0. The molecule has 1 heterocycles. The first kappa shape index (κ1) is 3.90. The predicted octanol–water partition coefficient (Wildman–Crippen LogP) is 1.43. The van der Waals surface area contributed by atoms with Gasteiger partial charge in [-0.2, -0.15) is 0 Å². The normalized spacial score (nSPS) is 27.1. The highest BCUT2D eigenvalue weighted by atomic mass is 16.5. The maximum Gasteiger partial charge on any atom is 0.0468 e. The van der Waals surface area contributed by atoms with Crippen molar-refractivity contribution in [1.29, 1.82) is 0 Å². The Kier molecular flexibility index (Phi) is 1.29. The summed E-state index contributed by atoms with van der Waals surface area (Å²) in [5.41, 5.74) is 0. The van der Waals surface area contributed by atoms with Crippen molar-refractivity contribution in [2.24, 2.45) is 5.92 Å². The average Bonchev–Trinajstić information content (AvgIpc) is 1.90. The minimum absolute atomic E-state index is 0.587. The Morgan fingerprint density at radius 3 is 2.71 bits per heavy atom. The number of hydrogen-bond acceptors (Lipinski definition) is 1. The molecule has 0 aromatic heterocycles. The van der Waals surface area contributed by atoms with Crippen LogP contribution in [0.25, 0.3) is 0 Å². The van der Waals surface area contributed by atoms with Gasteiger partial charge < -0.3 is 4.74 Å². The molecule has 0 aromatic rings. The van der Waals surface area contributed by atoms with E-state index in [1.165, 1.54) is 0 Å². The lowest BCUT2D eigenvalue weighted by Gasteiger charge is -2.16. The summed E-state index contributed by atoms with van der Waals surface area (Å²) in [6, 6.07) is 0. The summed E-state index contributed by atoms with van der Waals surface area (Å²) in [6.07, 6.45) is 2.20. The summed E-state index contributed by atoms with van der Waals surface area (Å²) in [7, 11) is 0. The first-order chi connectivity index (χ1) is 3.93. The molecule has 1 rings (SSSR count). The molecule has 1 fully saturated rings. The highest BCUT2D eigenvalue weighted by Crippen LogP contribution is 2.11. The van der Waals surface area contributed by atoms with E-state index in [1.54, 1.807) is 0 Å². The molecule has 0 unspecified atom stereocenters. The summed E-state index contributed by atoms with van der Waals surface area (Å²) in [4.78, 5) is 0. The topological polar surface area (TPSA) is 9.23 Å². The number of hydrogen-bond donors (Lipinski definition) is 0. The fourth-order valence-corrected chi connectivity index (χ4v) is 0.746. The van der Waals surface area contributed by atoms with E-state index in [4.69, 9.17) is 6.11 Å². The van der Waals surface area contributed by atoms with Gasteiger partial charge in [-0.25, -0.2) is 0 Å². The second-order valence-electron chi connectivity index (χ2n) is 2.06. The zero-order valence-electron chi connectivity index (χ0n) is 5.52. The summed E-state index contributed by atoms with van der Waals surface area (Å²) in [5, 5.41) is 0.